The molecule has 1 fully saturated rings. The van der Waals surface area contributed by atoms with Crippen LogP contribution in [0, 0.1) is 5.41 Å². The van der Waals surface area contributed by atoms with Crippen molar-refractivity contribution in [3.63, 3.8) is 0 Å². The molecule has 2 atom stereocenters. The zero-order valence-electron chi connectivity index (χ0n) is 9.88. The number of carbonyl (C=O) groups is 2. The van der Waals surface area contributed by atoms with E-state index in [1.54, 1.807) is 0 Å². The van der Waals surface area contributed by atoms with Gasteiger partial charge in [-0.15, -0.1) is 0 Å². The Kier molecular flexibility index (Phi) is 4.29. The second-order valence-electron chi connectivity index (χ2n) is 4.45. The van der Waals surface area contributed by atoms with Crippen molar-refractivity contribution in [1.29, 1.82) is 0 Å². The topological polar surface area (TPSA) is 78.4 Å². The number of hydrogen-bond acceptors (Lipinski definition) is 3. The molecule has 92 valence electrons. The van der Waals surface area contributed by atoms with E-state index in [0.717, 1.165) is 25.8 Å². The predicted molar refractivity (Wildman–Crippen MR) is 60.1 cm³/mol. The van der Waals surface area contributed by atoms with Crippen LogP contribution in [0.5, 0.6) is 0 Å². The third-order valence-corrected chi connectivity index (χ3v) is 3.35. The first kappa shape index (κ1) is 13.0. The summed E-state index contributed by atoms with van der Waals surface area (Å²) in [5.41, 5.74) is -0.429. The summed E-state index contributed by atoms with van der Waals surface area (Å²) >= 11 is 0. The quantitative estimate of drug-likeness (QED) is 0.649. The molecule has 1 heterocycles. The smallest absolute Gasteiger partial charge is 0.325 e. The Bertz CT molecular complexity index is 272. The van der Waals surface area contributed by atoms with E-state index in [-0.39, 0.29) is 5.91 Å². The molecule has 1 aliphatic rings. The highest BCUT2D eigenvalue weighted by Crippen LogP contribution is 2.30. The number of hydrogen-bond donors (Lipinski definition) is 3. The first-order valence-electron chi connectivity index (χ1n) is 5.76. The summed E-state index contributed by atoms with van der Waals surface area (Å²) in [5, 5.41) is 14.5. The Morgan fingerprint density at radius 3 is 2.69 bits per heavy atom. The van der Waals surface area contributed by atoms with Crippen molar-refractivity contribution in [2.75, 3.05) is 13.1 Å². The van der Waals surface area contributed by atoms with E-state index >= 15 is 0 Å². The van der Waals surface area contributed by atoms with Crippen molar-refractivity contribution in [2.45, 2.75) is 39.2 Å². The van der Waals surface area contributed by atoms with E-state index in [9.17, 15) is 9.59 Å². The van der Waals surface area contributed by atoms with E-state index in [2.05, 4.69) is 10.6 Å². The average Bonchev–Trinajstić information content (AvgIpc) is 2.29. The van der Waals surface area contributed by atoms with Crippen LogP contribution < -0.4 is 10.6 Å². The molecule has 1 aliphatic heterocycles. The van der Waals surface area contributed by atoms with Gasteiger partial charge < -0.3 is 15.7 Å². The summed E-state index contributed by atoms with van der Waals surface area (Å²) in [7, 11) is 0. The fourth-order valence-corrected chi connectivity index (χ4v) is 2.04. The molecule has 3 N–H and O–H groups in total. The number of rotatable bonds is 4. The molecule has 1 unspecified atom stereocenters. The molecule has 5 heteroatoms. The van der Waals surface area contributed by atoms with Gasteiger partial charge in [-0.25, -0.2) is 0 Å². The van der Waals surface area contributed by atoms with Gasteiger partial charge in [0.05, 0.1) is 5.41 Å². The first-order chi connectivity index (χ1) is 7.52. The van der Waals surface area contributed by atoms with Crippen LogP contribution in [0.3, 0.4) is 0 Å². The Balaban J connectivity index is 2.65. The molecule has 0 saturated carbocycles. The first-order valence-corrected chi connectivity index (χ1v) is 5.76. The minimum absolute atomic E-state index is 0.142. The summed E-state index contributed by atoms with van der Waals surface area (Å²) in [4.78, 5) is 22.7. The molecule has 0 bridgehead atoms. The third kappa shape index (κ3) is 2.72. The summed E-state index contributed by atoms with van der Waals surface area (Å²) in [6.07, 6.45) is 2.52. The second kappa shape index (κ2) is 5.30. The minimum atomic E-state index is -0.997. The van der Waals surface area contributed by atoms with Crippen LogP contribution in [-0.4, -0.2) is 36.1 Å². The molecule has 0 aromatic heterocycles. The van der Waals surface area contributed by atoms with Crippen LogP contribution in [0.15, 0.2) is 0 Å². The van der Waals surface area contributed by atoms with Gasteiger partial charge in [0.15, 0.2) is 0 Å². The minimum Gasteiger partial charge on any atom is -0.480 e. The Morgan fingerprint density at radius 2 is 2.25 bits per heavy atom. The summed E-state index contributed by atoms with van der Waals surface area (Å²) in [6.45, 7) is 5.03. The van der Waals surface area contributed by atoms with E-state index in [1.807, 2.05) is 6.92 Å². The predicted octanol–water partition coefficient (Wildman–Crippen LogP) is 0.355. The molecule has 1 saturated heterocycles. The van der Waals surface area contributed by atoms with E-state index in [4.69, 9.17) is 5.11 Å². The molecule has 1 amide bonds. The number of nitrogens with one attached hydrogen (secondary N) is 2. The van der Waals surface area contributed by atoms with Gasteiger partial charge in [-0.2, -0.15) is 0 Å². The van der Waals surface area contributed by atoms with Crippen LogP contribution in [-0.2, 0) is 9.59 Å². The highest BCUT2D eigenvalue weighted by atomic mass is 16.4. The number of amides is 1. The number of carbonyl (C=O) groups excluding carboxylic acids is 1. The number of carboxylic acids is 1. The molecule has 0 spiro atoms. The van der Waals surface area contributed by atoms with Gasteiger partial charge in [-0.05, 0) is 32.7 Å². The Hall–Kier alpha value is -1.10. The van der Waals surface area contributed by atoms with E-state index < -0.39 is 17.4 Å². The maximum atomic E-state index is 12.1. The lowest BCUT2D eigenvalue weighted by Gasteiger charge is -2.35. The normalized spacial score (nSPS) is 27.1. The van der Waals surface area contributed by atoms with Crippen molar-refractivity contribution < 1.29 is 14.7 Å². The summed E-state index contributed by atoms with van der Waals surface area (Å²) < 4.78 is 0. The lowest BCUT2D eigenvalue weighted by Crippen LogP contribution is -2.53. The number of aliphatic carboxylic acids is 1. The molecular weight excluding hydrogens is 208 g/mol. The van der Waals surface area contributed by atoms with Crippen molar-refractivity contribution in [2.24, 2.45) is 5.41 Å². The zero-order chi connectivity index (χ0) is 12.2. The average molecular weight is 228 g/mol. The Labute approximate surface area is 95.6 Å². The summed E-state index contributed by atoms with van der Waals surface area (Å²) in [6, 6.07) is -0.821. The zero-order valence-corrected chi connectivity index (χ0v) is 9.88. The summed E-state index contributed by atoms with van der Waals surface area (Å²) in [5.74, 6) is -1.14. The highest BCUT2D eigenvalue weighted by Gasteiger charge is 2.38. The van der Waals surface area contributed by atoms with Gasteiger partial charge in [0.25, 0.3) is 0 Å². The standard InChI is InChI=1S/C11H20N2O3/c1-3-11(5-4-6-12-7-11)10(16)13-8(2)9(14)15/h8,12H,3-7H2,1-2H3,(H,13,16)(H,14,15)/t8-,11?/m0/s1. The van der Waals surface area contributed by atoms with E-state index in [0.29, 0.717) is 6.54 Å². The SMILES string of the molecule is CCC1(C(=O)N[C@@H](C)C(=O)O)CCCNC1. The number of carboxylic acid groups (broad SMARTS) is 1. The van der Waals surface area contributed by atoms with Crippen LogP contribution in [0.1, 0.15) is 33.1 Å². The number of piperidine rings is 1. The molecule has 0 radical (unpaired) electrons. The lowest BCUT2D eigenvalue weighted by molar-refractivity contribution is -0.143. The van der Waals surface area contributed by atoms with Gasteiger partial charge in [-0.3, -0.25) is 9.59 Å². The maximum Gasteiger partial charge on any atom is 0.325 e. The fourth-order valence-electron chi connectivity index (χ4n) is 2.04. The van der Waals surface area contributed by atoms with Crippen molar-refractivity contribution >= 4 is 11.9 Å². The maximum absolute atomic E-state index is 12.1. The largest absolute Gasteiger partial charge is 0.480 e. The van der Waals surface area contributed by atoms with Crippen LogP contribution in [0.25, 0.3) is 0 Å². The molecule has 0 aliphatic carbocycles. The van der Waals surface area contributed by atoms with Gasteiger partial charge >= 0.3 is 5.97 Å². The molecule has 0 aromatic carbocycles. The van der Waals surface area contributed by atoms with Crippen molar-refractivity contribution in [1.82, 2.24) is 10.6 Å². The second-order valence-corrected chi connectivity index (χ2v) is 4.45. The third-order valence-electron chi connectivity index (χ3n) is 3.35. The molecule has 5 nitrogen and oxygen atoms in total. The van der Waals surface area contributed by atoms with Gasteiger partial charge in [-0.1, -0.05) is 6.92 Å². The molecule has 1 rings (SSSR count). The Morgan fingerprint density at radius 1 is 1.56 bits per heavy atom. The monoisotopic (exact) mass is 228 g/mol. The van der Waals surface area contributed by atoms with Crippen molar-refractivity contribution in [3.8, 4) is 0 Å². The van der Waals surface area contributed by atoms with Crippen LogP contribution >= 0.6 is 0 Å². The van der Waals surface area contributed by atoms with Crippen molar-refractivity contribution in [3.05, 3.63) is 0 Å². The highest BCUT2D eigenvalue weighted by molar-refractivity contribution is 5.87. The van der Waals surface area contributed by atoms with Gasteiger partial charge in [0.1, 0.15) is 6.04 Å². The van der Waals surface area contributed by atoms with E-state index in [1.165, 1.54) is 6.92 Å². The molecular formula is C11H20N2O3. The van der Waals surface area contributed by atoms with Gasteiger partial charge in [0, 0.05) is 6.54 Å². The van der Waals surface area contributed by atoms with Gasteiger partial charge in [0.2, 0.25) is 5.91 Å². The fraction of sp³-hybridized carbons (Fsp3) is 0.818. The van der Waals surface area contributed by atoms with Crippen LogP contribution in [0.4, 0.5) is 0 Å². The molecule has 0 aromatic rings. The molecule has 16 heavy (non-hydrogen) atoms. The van der Waals surface area contributed by atoms with Crippen LogP contribution in [0.2, 0.25) is 0 Å². The lowest BCUT2D eigenvalue weighted by atomic mass is 9.77.